The van der Waals surface area contributed by atoms with E-state index in [4.69, 9.17) is 0 Å². The summed E-state index contributed by atoms with van der Waals surface area (Å²) >= 11 is 1.75. The normalized spacial score (nSPS) is 26.6. The molecule has 1 N–H and O–H groups in total. The van der Waals surface area contributed by atoms with Gasteiger partial charge in [0.05, 0.1) is 17.3 Å². The lowest BCUT2D eigenvalue weighted by atomic mass is 9.92. The Bertz CT molecular complexity index is 323. The summed E-state index contributed by atoms with van der Waals surface area (Å²) in [6.07, 6.45) is 8.18. The molecule has 1 aliphatic carbocycles. The second-order valence-electron chi connectivity index (χ2n) is 4.87. The van der Waals surface area contributed by atoms with Gasteiger partial charge in [-0.2, -0.15) is 0 Å². The average Bonchev–Trinajstić information content (AvgIpc) is 2.56. The molecule has 1 aromatic heterocycles. The lowest BCUT2D eigenvalue weighted by Gasteiger charge is -2.19. The van der Waals surface area contributed by atoms with E-state index in [0.717, 1.165) is 19.3 Å². The first-order valence-corrected chi connectivity index (χ1v) is 7.22. The number of nitrogens with zero attached hydrogens (tertiary/aromatic N) is 1. The van der Waals surface area contributed by atoms with Gasteiger partial charge >= 0.3 is 0 Å². The number of rotatable bonds is 3. The molecule has 0 spiro atoms. The molecule has 1 aromatic rings. The summed E-state index contributed by atoms with van der Waals surface area (Å²) in [6.45, 7) is 2.08. The highest BCUT2D eigenvalue weighted by Crippen LogP contribution is 2.28. The zero-order valence-corrected chi connectivity index (χ0v) is 10.8. The number of hydrogen-bond acceptors (Lipinski definition) is 3. The minimum Gasteiger partial charge on any atom is -0.393 e. The highest BCUT2D eigenvalue weighted by molar-refractivity contribution is 7.09. The van der Waals surface area contributed by atoms with Crippen LogP contribution >= 0.6 is 11.3 Å². The molecule has 0 aromatic carbocycles. The second kappa shape index (κ2) is 5.78. The zero-order chi connectivity index (χ0) is 11.4. The molecule has 90 valence electrons. The van der Waals surface area contributed by atoms with Gasteiger partial charge in [-0.15, -0.1) is 11.3 Å². The molecule has 1 saturated carbocycles. The summed E-state index contributed by atoms with van der Waals surface area (Å²) in [5.74, 6) is 0.518. The van der Waals surface area contributed by atoms with Crippen molar-refractivity contribution >= 4 is 11.3 Å². The van der Waals surface area contributed by atoms with E-state index in [9.17, 15) is 5.11 Å². The van der Waals surface area contributed by atoms with Crippen molar-refractivity contribution in [3.05, 3.63) is 16.1 Å². The van der Waals surface area contributed by atoms with Gasteiger partial charge in [0, 0.05) is 4.88 Å². The van der Waals surface area contributed by atoms with Crippen LogP contribution in [0.3, 0.4) is 0 Å². The Kier molecular flexibility index (Phi) is 4.36. The van der Waals surface area contributed by atoms with E-state index < -0.39 is 0 Å². The maximum atomic E-state index is 10.0. The Morgan fingerprint density at radius 1 is 1.38 bits per heavy atom. The third kappa shape index (κ3) is 3.05. The maximum absolute atomic E-state index is 10.0. The SMILES string of the molecule is Cc1ncsc1CCC1CCCCCC1O. The summed E-state index contributed by atoms with van der Waals surface area (Å²) in [7, 11) is 0. The van der Waals surface area contributed by atoms with Crippen LogP contribution in [0.15, 0.2) is 5.51 Å². The van der Waals surface area contributed by atoms with Gasteiger partial charge in [0.15, 0.2) is 0 Å². The Hall–Kier alpha value is -0.410. The Labute approximate surface area is 102 Å². The molecule has 1 heterocycles. The topological polar surface area (TPSA) is 33.1 Å². The van der Waals surface area contributed by atoms with E-state index in [1.807, 2.05) is 5.51 Å². The first kappa shape index (κ1) is 12.1. The first-order chi connectivity index (χ1) is 7.77. The summed E-state index contributed by atoms with van der Waals surface area (Å²) < 4.78 is 0. The average molecular weight is 239 g/mol. The second-order valence-corrected chi connectivity index (χ2v) is 5.80. The van der Waals surface area contributed by atoms with Crippen LogP contribution in [0.1, 0.15) is 49.1 Å². The Balaban J connectivity index is 1.86. The first-order valence-electron chi connectivity index (χ1n) is 6.34. The highest BCUT2D eigenvalue weighted by Gasteiger charge is 2.21. The van der Waals surface area contributed by atoms with Crippen molar-refractivity contribution in [3.63, 3.8) is 0 Å². The molecule has 0 saturated heterocycles. The standard InChI is InChI=1S/C13H21NOS/c1-10-13(16-9-14-10)8-7-11-5-3-2-4-6-12(11)15/h9,11-12,15H,2-8H2,1H3. The van der Waals surface area contributed by atoms with Crippen LogP contribution in [0.25, 0.3) is 0 Å². The molecular formula is C13H21NOS. The largest absolute Gasteiger partial charge is 0.393 e. The van der Waals surface area contributed by atoms with Crippen molar-refractivity contribution in [2.75, 3.05) is 0 Å². The molecule has 1 fully saturated rings. The van der Waals surface area contributed by atoms with Gasteiger partial charge in [0.1, 0.15) is 0 Å². The Morgan fingerprint density at radius 3 is 2.94 bits per heavy atom. The van der Waals surface area contributed by atoms with Gasteiger partial charge in [-0.1, -0.05) is 19.3 Å². The lowest BCUT2D eigenvalue weighted by molar-refractivity contribution is 0.0961. The summed E-state index contributed by atoms with van der Waals surface area (Å²) in [5.41, 5.74) is 3.10. The Morgan fingerprint density at radius 2 is 2.19 bits per heavy atom. The predicted molar refractivity (Wildman–Crippen MR) is 67.8 cm³/mol. The van der Waals surface area contributed by atoms with E-state index in [2.05, 4.69) is 11.9 Å². The minimum absolute atomic E-state index is 0.0595. The monoisotopic (exact) mass is 239 g/mol. The molecular weight excluding hydrogens is 218 g/mol. The molecule has 2 unspecified atom stereocenters. The van der Waals surface area contributed by atoms with Crippen LogP contribution in [0.2, 0.25) is 0 Å². The van der Waals surface area contributed by atoms with Crippen molar-refractivity contribution in [2.45, 2.75) is 58.0 Å². The highest BCUT2D eigenvalue weighted by atomic mass is 32.1. The van der Waals surface area contributed by atoms with Crippen molar-refractivity contribution < 1.29 is 5.11 Å². The van der Waals surface area contributed by atoms with E-state index in [-0.39, 0.29) is 6.10 Å². The molecule has 0 aliphatic heterocycles. The van der Waals surface area contributed by atoms with Crippen LogP contribution in [0.5, 0.6) is 0 Å². The van der Waals surface area contributed by atoms with E-state index in [0.29, 0.717) is 5.92 Å². The van der Waals surface area contributed by atoms with Gasteiger partial charge in [0.25, 0.3) is 0 Å². The summed E-state index contributed by atoms with van der Waals surface area (Å²) in [4.78, 5) is 5.67. The van der Waals surface area contributed by atoms with Crippen LogP contribution in [0, 0.1) is 12.8 Å². The third-order valence-electron chi connectivity index (χ3n) is 3.71. The number of hydrogen-bond donors (Lipinski definition) is 1. The van der Waals surface area contributed by atoms with Crippen molar-refractivity contribution in [3.8, 4) is 0 Å². The van der Waals surface area contributed by atoms with Crippen molar-refractivity contribution in [2.24, 2.45) is 5.92 Å². The predicted octanol–water partition coefficient (Wildman–Crippen LogP) is 3.33. The van der Waals surface area contributed by atoms with Crippen LogP contribution in [-0.2, 0) is 6.42 Å². The number of thiazole rings is 1. The fraction of sp³-hybridized carbons (Fsp3) is 0.769. The van der Waals surface area contributed by atoms with Gasteiger partial charge in [-0.05, 0) is 38.5 Å². The summed E-state index contributed by atoms with van der Waals surface area (Å²) in [5, 5.41) is 10.0. The molecule has 16 heavy (non-hydrogen) atoms. The number of aromatic nitrogens is 1. The third-order valence-corrected chi connectivity index (χ3v) is 4.70. The minimum atomic E-state index is -0.0595. The zero-order valence-electron chi connectivity index (χ0n) is 9.98. The quantitative estimate of drug-likeness (QED) is 0.821. The summed E-state index contributed by atoms with van der Waals surface area (Å²) in [6, 6.07) is 0. The fourth-order valence-corrected chi connectivity index (χ4v) is 3.38. The lowest BCUT2D eigenvalue weighted by Crippen LogP contribution is -2.19. The van der Waals surface area contributed by atoms with E-state index in [1.54, 1.807) is 11.3 Å². The number of aliphatic hydroxyl groups is 1. The van der Waals surface area contributed by atoms with Gasteiger partial charge < -0.3 is 5.11 Å². The number of aliphatic hydroxyl groups excluding tert-OH is 1. The van der Waals surface area contributed by atoms with Gasteiger partial charge in [-0.3, -0.25) is 0 Å². The van der Waals surface area contributed by atoms with Gasteiger partial charge in [-0.25, -0.2) is 4.98 Å². The van der Waals surface area contributed by atoms with Crippen LogP contribution in [0.4, 0.5) is 0 Å². The molecule has 3 heteroatoms. The smallest absolute Gasteiger partial charge is 0.0797 e. The molecule has 2 nitrogen and oxygen atoms in total. The van der Waals surface area contributed by atoms with E-state index >= 15 is 0 Å². The van der Waals surface area contributed by atoms with Crippen LogP contribution in [-0.4, -0.2) is 16.2 Å². The molecule has 0 bridgehead atoms. The van der Waals surface area contributed by atoms with E-state index in [1.165, 1.54) is 36.3 Å². The van der Waals surface area contributed by atoms with Crippen molar-refractivity contribution in [1.82, 2.24) is 4.98 Å². The molecule has 0 amide bonds. The van der Waals surface area contributed by atoms with Gasteiger partial charge in [0.2, 0.25) is 0 Å². The van der Waals surface area contributed by atoms with Crippen LogP contribution < -0.4 is 0 Å². The molecule has 2 atom stereocenters. The number of aryl methyl sites for hydroxylation is 2. The molecule has 2 rings (SSSR count). The molecule has 1 aliphatic rings. The maximum Gasteiger partial charge on any atom is 0.0797 e. The molecule has 0 radical (unpaired) electrons. The fourth-order valence-electron chi connectivity index (χ4n) is 2.58. The van der Waals surface area contributed by atoms with Crippen molar-refractivity contribution in [1.29, 1.82) is 0 Å².